The van der Waals surface area contributed by atoms with Gasteiger partial charge in [-0.15, -0.1) is 0 Å². The highest BCUT2D eigenvalue weighted by molar-refractivity contribution is 7.92. The van der Waals surface area contributed by atoms with Gasteiger partial charge in [0.05, 0.1) is 17.5 Å². The van der Waals surface area contributed by atoms with E-state index >= 15 is 0 Å². The average molecular weight is 453 g/mol. The zero-order chi connectivity index (χ0) is 22.9. The number of hydrogen-bond donors (Lipinski definition) is 0. The number of carbonyl (C=O) groups excluding carboxylic acids is 2. The van der Waals surface area contributed by atoms with E-state index in [1.54, 1.807) is 30.3 Å². The minimum Gasteiger partial charge on any atom is -0.454 e. The van der Waals surface area contributed by atoms with Crippen molar-refractivity contribution in [1.82, 2.24) is 4.57 Å². The number of aromatic nitrogens is 1. The second-order valence-corrected chi connectivity index (χ2v) is 9.78. The molecule has 0 fully saturated rings. The Labute approximate surface area is 187 Å². The molecule has 166 valence electrons. The van der Waals surface area contributed by atoms with Gasteiger partial charge in [0, 0.05) is 30.2 Å². The largest absolute Gasteiger partial charge is 0.454 e. The molecule has 2 aromatic carbocycles. The first kappa shape index (κ1) is 21.8. The fourth-order valence-electron chi connectivity index (χ4n) is 3.89. The van der Waals surface area contributed by atoms with Crippen molar-refractivity contribution in [2.24, 2.45) is 0 Å². The Hall–Kier alpha value is -3.39. The molecular weight excluding hydrogens is 428 g/mol. The first-order valence-electron chi connectivity index (χ1n) is 10.3. The first-order chi connectivity index (χ1) is 15.2. The summed E-state index contributed by atoms with van der Waals surface area (Å²) in [6.45, 7) is 1.99. The van der Waals surface area contributed by atoms with Gasteiger partial charge in [0.2, 0.25) is 10.0 Å². The molecule has 1 aliphatic rings. The van der Waals surface area contributed by atoms with Gasteiger partial charge >= 0.3 is 5.97 Å². The number of Topliss-reactive ketones (excluding diaryl/α,β-unsaturated/α-hetero) is 1. The van der Waals surface area contributed by atoms with E-state index in [0.29, 0.717) is 36.2 Å². The lowest BCUT2D eigenvalue weighted by Gasteiger charge is -2.29. The van der Waals surface area contributed by atoms with Crippen LogP contribution in [-0.4, -0.2) is 44.1 Å². The van der Waals surface area contributed by atoms with Gasteiger partial charge in [-0.3, -0.25) is 9.10 Å². The monoisotopic (exact) mass is 452 g/mol. The normalized spacial score (nSPS) is 13.5. The Kier molecular flexibility index (Phi) is 5.88. The van der Waals surface area contributed by atoms with Crippen LogP contribution in [0.2, 0.25) is 0 Å². The SMILES string of the molecule is Cc1ccc(C(=O)OCC(=O)c2ccc3c(c2)CCCN3S(C)(=O)=O)cc1-n1cccc1. The zero-order valence-corrected chi connectivity index (χ0v) is 18.8. The molecule has 2 heterocycles. The second kappa shape index (κ2) is 8.63. The fraction of sp³-hybridized carbons (Fsp3) is 0.250. The number of nitrogens with zero attached hydrogens (tertiary/aromatic N) is 2. The van der Waals surface area contributed by atoms with Gasteiger partial charge < -0.3 is 9.30 Å². The summed E-state index contributed by atoms with van der Waals surface area (Å²) < 4.78 is 32.5. The van der Waals surface area contributed by atoms with Crippen LogP contribution >= 0.6 is 0 Å². The van der Waals surface area contributed by atoms with Crippen LogP contribution in [0.1, 0.15) is 38.3 Å². The number of anilines is 1. The third kappa shape index (κ3) is 4.45. The zero-order valence-electron chi connectivity index (χ0n) is 17.9. The highest BCUT2D eigenvalue weighted by atomic mass is 32.2. The minimum atomic E-state index is -3.37. The lowest BCUT2D eigenvalue weighted by atomic mass is 9.99. The highest BCUT2D eigenvalue weighted by Gasteiger charge is 2.25. The van der Waals surface area contributed by atoms with Crippen molar-refractivity contribution in [2.45, 2.75) is 19.8 Å². The standard InChI is InChI=1S/C24H24N2O5S/c1-17-7-8-20(15-22(17)25-11-3-4-12-25)24(28)31-16-23(27)19-9-10-21-18(14-19)6-5-13-26(21)32(2,29)30/h3-4,7-12,14-15H,5-6,13,16H2,1-2H3. The second-order valence-electron chi connectivity index (χ2n) is 7.87. The molecule has 0 aliphatic carbocycles. The van der Waals surface area contributed by atoms with Crippen molar-refractivity contribution in [2.75, 3.05) is 23.7 Å². The van der Waals surface area contributed by atoms with Crippen LogP contribution < -0.4 is 4.31 Å². The number of carbonyl (C=O) groups is 2. The molecule has 0 amide bonds. The topological polar surface area (TPSA) is 85.7 Å². The Bertz CT molecular complexity index is 1280. The molecule has 4 rings (SSSR count). The van der Waals surface area contributed by atoms with Crippen molar-refractivity contribution in [3.05, 3.63) is 83.2 Å². The Morgan fingerprint density at radius 2 is 1.72 bits per heavy atom. The maximum Gasteiger partial charge on any atom is 0.338 e. The van der Waals surface area contributed by atoms with Crippen LogP contribution in [0.25, 0.3) is 5.69 Å². The van der Waals surface area contributed by atoms with Crippen LogP contribution in [0.15, 0.2) is 60.9 Å². The Balaban J connectivity index is 1.46. The molecular formula is C24H24N2O5S. The first-order valence-corrected chi connectivity index (χ1v) is 12.1. The lowest BCUT2D eigenvalue weighted by Crippen LogP contribution is -2.34. The molecule has 0 bridgehead atoms. The molecule has 0 N–H and O–H groups in total. The number of esters is 1. The van der Waals surface area contributed by atoms with E-state index in [-0.39, 0.29) is 12.4 Å². The summed E-state index contributed by atoms with van der Waals surface area (Å²) in [6.07, 6.45) is 6.33. The van der Waals surface area contributed by atoms with Crippen molar-refractivity contribution >= 4 is 27.5 Å². The van der Waals surface area contributed by atoms with Gasteiger partial charge in [0.25, 0.3) is 0 Å². The van der Waals surface area contributed by atoms with Gasteiger partial charge in [0.15, 0.2) is 12.4 Å². The third-order valence-corrected chi connectivity index (χ3v) is 6.72. The highest BCUT2D eigenvalue weighted by Crippen LogP contribution is 2.30. The molecule has 0 saturated carbocycles. The number of rotatable bonds is 6. The van der Waals surface area contributed by atoms with Gasteiger partial charge in [-0.1, -0.05) is 6.07 Å². The molecule has 0 unspecified atom stereocenters. The van der Waals surface area contributed by atoms with E-state index < -0.39 is 16.0 Å². The van der Waals surface area contributed by atoms with Crippen molar-refractivity contribution < 1.29 is 22.7 Å². The summed E-state index contributed by atoms with van der Waals surface area (Å²) in [5, 5.41) is 0. The summed E-state index contributed by atoms with van der Waals surface area (Å²) in [7, 11) is -3.37. The smallest absolute Gasteiger partial charge is 0.338 e. The van der Waals surface area contributed by atoms with E-state index in [2.05, 4.69) is 0 Å². The van der Waals surface area contributed by atoms with E-state index in [4.69, 9.17) is 4.74 Å². The number of hydrogen-bond acceptors (Lipinski definition) is 5. The summed E-state index contributed by atoms with van der Waals surface area (Å²) in [4.78, 5) is 25.2. The van der Waals surface area contributed by atoms with Crippen LogP contribution in [-0.2, 0) is 21.2 Å². The number of ketones is 1. The average Bonchev–Trinajstić information content (AvgIpc) is 3.30. The minimum absolute atomic E-state index is 0.338. The number of benzene rings is 2. The summed E-state index contributed by atoms with van der Waals surface area (Å²) in [6, 6.07) is 14.0. The molecule has 1 aromatic heterocycles. The maximum atomic E-state index is 12.6. The number of aryl methyl sites for hydroxylation is 2. The molecule has 32 heavy (non-hydrogen) atoms. The Morgan fingerprint density at radius 3 is 2.44 bits per heavy atom. The van der Waals surface area contributed by atoms with Crippen LogP contribution in [0.3, 0.4) is 0 Å². The lowest BCUT2D eigenvalue weighted by molar-refractivity contribution is 0.0474. The van der Waals surface area contributed by atoms with E-state index in [9.17, 15) is 18.0 Å². The quantitative estimate of drug-likeness (QED) is 0.422. The van der Waals surface area contributed by atoms with Gasteiger partial charge in [0.1, 0.15) is 0 Å². The van der Waals surface area contributed by atoms with Crippen molar-refractivity contribution in [3.63, 3.8) is 0 Å². The predicted octanol–water partition coefficient (Wildman–Crippen LogP) is 3.54. The third-order valence-electron chi connectivity index (χ3n) is 5.54. The van der Waals surface area contributed by atoms with E-state index in [1.807, 2.05) is 42.1 Å². The molecule has 0 radical (unpaired) electrons. The summed E-state index contributed by atoms with van der Waals surface area (Å²) in [5.74, 6) is -0.914. The molecule has 7 nitrogen and oxygen atoms in total. The molecule has 3 aromatic rings. The number of ether oxygens (including phenoxy) is 1. The Morgan fingerprint density at radius 1 is 1.00 bits per heavy atom. The fourth-order valence-corrected chi connectivity index (χ4v) is 4.88. The van der Waals surface area contributed by atoms with Gasteiger partial charge in [-0.2, -0.15) is 0 Å². The molecule has 0 spiro atoms. The maximum absolute atomic E-state index is 12.6. The number of sulfonamides is 1. The van der Waals surface area contributed by atoms with Crippen LogP contribution in [0.4, 0.5) is 5.69 Å². The van der Waals surface area contributed by atoms with Crippen LogP contribution in [0.5, 0.6) is 0 Å². The molecule has 0 saturated heterocycles. The van der Waals surface area contributed by atoms with Crippen molar-refractivity contribution in [3.8, 4) is 5.69 Å². The van der Waals surface area contributed by atoms with Crippen molar-refractivity contribution in [1.29, 1.82) is 0 Å². The van der Waals surface area contributed by atoms with Crippen LogP contribution in [0, 0.1) is 6.92 Å². The van der Waals surface area contributed by atoms with E-state index in [0.717, 1.165) is 16.8 Å². The molecule has 8 heteroatoms. The van der Waals surface area contributed by atoms with Gasteiger partial charge in [-0.05, 0) is 73.4 Å². The summed E-state index contributed by atoms with van der Waals surface area (Å²) in [5.41, 5.74) is 4.02. The summed E-state index contributed by atoms with van der Waals surface area (Å²) >= 11 is 0. The molecule has 0 atom stereocenters. The molecule has 1 aliphatic heterocycles. The van der Waals surface area contributed by atoms with E-state index in [1.165, 1.54) is 10.6 Å². The number of fused-ring (bicyclic) bond motifs is 1. The van der Waals surface area contributed by atoms with Gasteiger partial charge in [-0.25, -0.2) is 13.2 Å². The predicted molar refractivity (Wildman–Crippen MR) is 122 cm³/mol.